The maximum atomic E-state index is 11.6. The van der Waals surface area contributed by atoms with Crippen molar-refractivity contribution in [3.63, 3.8) is 0 Å². The molecule has 0 atom stereocenters. The Labute approximate surface area is 118 Å². The van der Waals surface area contributed by atoms with Crippen LogP contribution in [0.25, 0.3) is 0 Å². The zero-order chi connectivity index (χ0) is 15.0. The number of nitrogens with one attached hydrogen (secondary N) is 3. The smallest absolute Gasteiger partial charge is 0.411 e. The first-order chi connectivity index (χ1) is 9.58. The fourth-order valence-corrected chi connectivity index (χ4v) is 1.51. The SMILES string of the molecule is C=CCNC(=O)Nc1cccc(NC(=O)OCC)c1C. The molecule has 20 heavy (non-hydrogen) atoms. The van der Waals surface area contributed by atoms with Gasteiger partial charge in [-0.25, -0.2) is 9.59 Å². The molecule has 1 aromatic rings. The maximum Gasteiger partial charge on any atom is 0.411 e. The number of rotatable bonds is 5. The Kier molecular flexibility index (Phi) is 6.09. The van der Waals surface area contributed by atoms with Gasteiger partial charge in [-0.05, 0) is 31.5 Å². The number of carbonyl (C=O) groups excluding carboxylic acids is 2. The molecule has 3 N–H and O–H groups in total. The summed E-state index contributed by atoms with van der Waals surface area (Å²) in [5.41, 5.74) is 1.94. The summed E-state index contributed by atoms with van der Waals surface area (Å²) in [6.45, 7) is 7.72. The minimum absolute atomic E-state index is 0.298. The number of amides is 3. The summed E-state index contributed by atoms with van der Waals surface area (Å²) < 4.78 is 4.81. The van der Waals surface area contributed by atoms with Crippen molar-refractivity contribution in [2.45, 2.75) is 13.8 Å². The number of carbonyl (C=O) groups is 2. The van der Waals surface area contributed by atoms with Crippen molar-refractivity contribution in [1.29, 1.82) is 0 Å². The molecule has 3 amide bonds. The predicted molar refractivity (Wildman–Crippen MR) is 79.0 cm³/mol. The van der Waals surface area contributed by atoms with E-state index < -0.39 is 6.09 Å². The van der Waals surface area contributed by atoms with Crippen LogP contribution < -0.4 is 16.0 Å². The molecular weight excluding hydrogens is 258 g/mol. The van der Waals surface area contributed by atoms with E-state index in [9.17, 15) is 9.59 Å². The van der Waals surface area contributed by atoms with E-state index in [-0.39, 0.29) is 6.03 Å². The molecule has 0 aromatic heterocycles. The molecule has 0 fully saturated rings. The quantitative estimate of drug-likeness (QED) is 0.724. The van der Waals surface area contributed by atoms with Gasteiger partial charge in [0.2, 0.25) is 0 Å². The summed E-state index contributed by atoms with van der Waals surface area (Å²) in [7, 11) is 0. The van der Waals surface area contributed by atoms with Crippen LogP contribution in [-0.4, -0.2) is 25.3 Å². The Morgan fingerprint density at radius 2 is 1.95 bits per heavy atom. The van der Waals surface area contributed by atoms with Crippen LogP contribution in [0.2, 0.25) is 0 Å². The van der Waals surface area contributed by atoms with Crippen molar-refractivity contribution in [3.05, 3.63) is 36.4 Å². The van der Waals surface area contributed by atoms with E-state index in [0.29, 0.717) is 24.5 Å². The summed E-state index contributed by atoms with van der Waals surface area (Å²) >= 11 is 0. The molecule has 1 rings (SSSR count). The fraction of sp³-hybridized carbons (Fsp3) is 0.286. The molecule has 0 radical (unpaired) electrons. The van der Waals surface area contributed by atoms with Gasteiger partial charge in [0.1, 0.15) is 0 Å². The molecule has 0 spiro atoms. The van der Waals surface area contributed by atoms with E-state index in [1.807, 2.05) is 0 Å². The number of urea groups is 1. The van der Waals surface area contributed by atoms with E-state index in [4.69, 9.17) is 4.74 Å². The zero-order valence-electron chi connectivity index (χ0n) is 11.7. The number of hydrogen-bond acceptors (Lipinski definition) is 3. The largest absolute Gasteiger partial charge is 0.450 e. The Bertz CT molecular complexity index is 500. The van der Waals surface area contributed by atoms with Crippen LogP contribution in [0.3, 0.4) is 0 Å². The number of benzene rings is 1. The van der Waals surface area contributed by atoms with Crippen LogP contribution in [0.5, 0.6) is 0 Å². The number of hydrogen-bond donors (Lipinski definition) is 3. The Morgan fingerprint density at radius 3 is 2.55 bits per heavy atom. The van der Waals surface area contributed by atoms with Crippen molar-refractivity contribution in [2.24, 2.45) is 0 Å². The minimum atomic E-state index is -0.524. The first kappa shape index (κ1) is 15.6. The highest BCUT2D eigenvalue weighted by Gasteiger charge is 2.09. The van der Waals surface area contributed by atoms with Crippen molar-refractivity contribution < 1.29 is 14.3 Å². The summed E-state index contributed by atoms with van der Waals surface area (Å²) in [6.07, 6.45) is 1.06. The number of ether oxygens (including phenoxy) is 1. The summed E-state index contributed by atoms with van der Waals surface area (Å²) in [4.78, 5) is 23.0. The van der Waals surface area contributed by atoms with Crippen molar-refractivity contribution in [2.75, 3.05) is 23.8 Å². The van der Waals surface area contributed by atoms with Crippen LogP contribution in [0.4, 0.5) is 21.0 Å². The van der Waals surface area contributed by atoms with Gasteiger partial charge in [-0.2, -0.15) is 0 Å². The highest BCUT2D eigenvalue weighted by Crippen LogP contribution is 2.23. The van der Waals surface area contributed by atoms with Gasteiger partial charge >= 0.3 is 12.1 Å². The Hall–Kier alpha value is -2.50. The Balaban J connectivity index is 2.76. The average molecular weight is 277 g/mol. The van der Waals surface area contributed by atoms with Gasteiger partial charge in [-0.1, -0.05) is 12.1 Å². The van der Waals surface area contributed by atoms with Crippen LogP contribution in [0.15, 0.2) is 30.9 Å². The molecule has 0 heterocycles. The first-order valence-electron chi connectivity index (χ1n) is 6.27. The Morgan fingerprint density at radius 1 is 1.30 bits per heavy atom. The topological polar surface area (TPSA) is 79.5 Å². The van der Waals surface area contributed by atoms with E-state index in [1.54, 1.807) is 38.1 Å². The van der Waals surface area contributed by atoms with Gasteiger partial charge in [0.05, 0.1) is 6.61 Å². The van der Waals surface area contributed by atoms with E-state index >= 15 is 0 Å². The lowest BCUT2D eigenvalue weighted by molar-refractivity contribution is 0.168. The van der Waals surface area contributed by atoms with Gasteiger partial charge in [0.25, 0.3) is 0 Å². The van der Waals surface area contributed by atoms with E-state index in [0.717, 1.165) is 5.56 Å². The first-order valence-corrected chi connectivity index (χ1v) is 6.27. The van der Waals surface area contributed by atoms with E-state index in [2.05, 4.69) is 22.5 Å². The molecule has 0 bridgehead atoms. The molecule has 0 saturated carbocycles. The standard InChI is InChI=1S/C14H19N3O3/c1-4-9-15-13(18)16-11-7-6-8-12(10(11)3)17-14(19)20-5-2/h4,6-8H,1,5,9H2,2-3H3,(H,17,19)(H2,15,16,18). The lowest BCUT2D eigenvalue weighted by atomic mass is 10.1. The van der Waals surface area contributed by atoms with Crippen LogP contribution in [-0.2, 0) is 4.74 Å². The second-order valence-electron chi connectivity index (χ2n) is 3.95. The van der Waals surface area contributed by atoms with E-state index in [1.165, 1.54) is 0 Å². The summed E-state index contributed by atoms with van der Waals surface area (Å²) in [5, 5.41) is 7.93. The highest BCUT2D eigenvalue weighted by molar-refractivity contribution is 5.93. The summed E-state index contributed by atoms with van der Waals surface area (Å²) in [5.74, 6) is 0. The molecule has 1 aromatic carbocycles. The molecule has 6 heteroatoms. The van der Waals surface area contributed by atoms with Crippen molar-refractivity contribution >= 4 is 23.5 Å². The van der Waals surface area contributed by atoms with Gasteiger partial charge < -0.3 is 15.4 Å². The van der Waals surface area contributed by atoms with Crippen LogP contribution >= 0.6 is 0 Å². The van der Waals surface area contributed by atoms with Crippen LogP contribution in [0.1, 0.15) is 12.5 Å². The molecule has 0 aliphatic heterocycles. The van der Waals surface area contributed by atoms with Crippen molar-refractivity contribution in [3.8, 4) is 0 Å². The second kappa shape index (κ2) is 7.83. The molecule has 6 nitrogen and oxygen atoms in total. The normalized spacial score (nSPS) is 9.50. The predicted octanol–water partition coefficient (Wildman–Crippen LogP) is 2.87. The lowest BCUT2D eigenvalue weighted by Gasteiger charge is -2.13. The average Bonchev–Trinajstić information content (AvgIpc) is 2.41. The molecule has 0 aliphatic rings. The molecular formula is C14H19N3O3. The van der Waals surface area contributed by atoms with Gasteiger partial charge in [0.15, 0.2) is 0 Å². The second-order valence-corrected chi connectivity index (χ2v) is 3.95. The van der Waals surface area contributed by atoms with Crippen molar-refractivity contribution in [1.82, 2.24) is 5.32 Å². The third-order valence-corrected chi connectivity index (χ3v) is 2.50. The zero-order valence-corrected chi connectivity index (χ0v) is 11.7. The third-order valence-electron chi connectivity index (χ3n) is 2.50. The fourth-order valence-electron chi connectivity index (χ4n) is 1.51. The highest BCUT2D eigenvalue weighted by atomic mass is 16.5. The number of anilines is 2. The van der Waals surface area contributed by atoms with Gasteiger partial charge in [-0.3, -0.25) is 5.32 Å². The van der Waals surface area contributed by atoms with Gasteiger partial charge in [-0.15, -0.1) is 6.58 Å². The third kappa shape index (κ3) is 4.64. The van der Waals surface area contributed by atoms with Crippen LogP contribution in [0, 0.1) is 6.92 Å². The summed E-state index contributed by atoms with van der Waals surface area (Å²) in [6, 6.07) is 4.89. The molecule has 0 aliphatic carbocycles. The van der Waals surface area contributed by atoms with Gasteiger partial charge in [0, 0.05) is 17.9 Å². The maximum absolute atomic E-state index is 11.6. The molecule has 0 saturated heterocycles. The minimum Gasteiger partial charge on any atom is -0.450 e. The lowest BCUT2D eigenvalue weighted by Crippen LogP contribution is -2.29. The monoisotopic (exact) mass is 277 g/mol. The molecule has 0 unspecified atom stereocenters. The molecule has 108 valence electrons.